The molecule has 0 spiro atoms. The van der Waals surface area contributed by atoms with Crippen molar-refractivity contribution < 1.29 is 28.0 Å². The van der Waals surface area contributed by atoms with Crippen LogP contribution in [0.3, 0.4) is 0 Å². The molecule has 0 unspecified atom stereocenters. The van der Waals surface area contributed by atoms with E-state index < -0.39 is 6.36 Å². The van der Waals surface area contributed by atoms with E-state index in [0.29, 0.717) is 29.9 Å². The van der Waals surface area contributed by atoms with Crippen molar-refractivity contribution in [1.82, 2.24) is 0 Å². The van der Waals surface area contributed by atoms with Gasteiger partial charge in [0.1, 0.15) is 11.5 Å². The molecule has 8 heteroatoms. The third-order valence-corrected chi connectivity index (χ3v) is 3.17. The first-order valence-electron chi connectivity index (χ1n) is 7.02. The fourth-order valence-electron chi connectivity index (χ4n) is 1.97. The minimum Gasteiger partial charge on any atom is -0.411 e. The van der Waals surface area contributed by atoms with Crippen LogP contribution >= 0.6 is 0 Å². The Morgan fingerprint density at radius 1 is 1.17 bits per heavy atom. The van der Waals surface area contributed by atoms with E-state index >= 15 is 0 Å². The van der Waals surface area contributed by atoms with Crippen molar-refractivity contribution in [2.75, 3.05) is 0 Å². The predicted molar refractivity (Wildman–Crippen MR) is 82.1 cm³/mol. The molecule has 1 aromatic rings. The molecule has 0 fully saturated rings. The van der Waals surface area contributed by atoms with E-state index in [2.05, 4.69) is 15.0 Å². The largest absolute Gasteiger partial charge is 0.573 e. The summed E-state index contributed by atoms with van der Waals surface area (Å²) in [5, 5.41) is 15.4. The summed E-state index contributed by atoms with van der Waals surface area (Å²) in [5.74, 6) is 0.347. The number of ether oxygens (including phenoxy) is 1. The first kappa shape index (κ1) is 17.6. The van der Waals surface area contributed by atoms with Crippen LogP contribution in [0.4, 0.5) is 13.2 Å². The maximum Gasteiger partial charge on any atom is 0.573 e. The molecule has 2 rings (SSSR count). The lowest BCUT2D eigenvalue weighted by molar-refractivity contribution is -0.274. The third kappa shape index (κ3) is 5.45. The number of hydrogen-bond acceptors (Lipinski definition) is 5. The Kier molecular flexibility index (Phi) is 5.62. The number of alkyl halides is 3. The molecule has 0 heterocycles. The van der Waals surface area contributed by atoms with E-state index in [1.807, 2.05) is 0 Å². The van der Waals surface area contributed by atoms with E-state index in [1.165, 1.54) is 30.5 Å². The Balaban J connectivity index is 1.99. The Labute approximate surface area is 136 Å². The molecule has 24 heavy (non-hydrogen) atoms. The zero-order valence-electron chi connectivity index (χ0n) is 12.7. The SMILES string of the molecule is C/C(=N\OC1=CC=C(/C=N/O)CC1)c1ccc(OC(F)(F)F)cc1. The molecular weight excluding hydrogens is 325 g/mol. The third-order valence-electron chi connectivity index (χ3n) is 3.17. The van der Waals surface area contributed by atoms with E-state index in [9.17, 15) is 13.2 Å². The lowest BCUT2D eigenvalue weighted by Gasteiger charge is -2.11. The highest BCUT2D eigenvalue weighted by Crippen LogP contribution is 2.23. The molecule has 0 atom stereocenters. The summed E-state index contributed by atoms with van der Waals surface area (Å²) in [6, 6.07) is 5.36. The minimum absolute atomic E-state index is 0.293. The van der Waals surface area contributed by atoms with Gasteiger partial charge in [-0.15, -0.1) is 13.2 Å². The van der Waals surface area contributed by atoms with Crippen LogP contribution in [-0.4, -0.2) is 23.5 Å². The highest BCUT2D eigenvalue weighted by atomic mass is 19.4. The maximum atomic E-state index is 12.1. The fraction of sp³-hybridized carbons (Fsp3) is 0.250. The van der Waals surface area contributed by atoms with Gasteiger partial charge in [0.25, 0.3) is 0 Å². The first-order chi connectivity index (χ1) is 11.4. The van der Waals surface area contributed by atoms with E-state index in [1.54, 1.807) is 19.1 Å². The van der Waals surface area contributed by atoms with Gasteiger partial charge in [0.05, 0.1) is 11.9 Å². The molecule has 0 aromatic heterocycles. The van der Waals surface area contributed by atoms with Crippen molar-refractivity contribution in [2.24, 2.45) is 10.3 Å². The van der Waals surface area contributed by atoms with E-state index in [0.717, 1.165) is 5.57 Å². The lowest BCUT2D eigenvalue weighted by Crippen LogP contribution is -2.17. The van der Waals surface area contributed by atoms with Crippen LogP contribution in [0.25, 0.3) is 0 Å². The van der Waals surface area contributed by atoms with E-state index in [4.69, 9.17) is 10.0 Å². The molecule has 0 radical (unpaired) electrons. The van der Waals surface area contributed by atoms with Crippen molar-refractivity contribution in [2.45, 2.75) is 26.1 Å². The Morgan fingerprint density at radius 2 is 1.88 bits per heavy atom. The molecule has 0 amide bonds. The zero-order valence-corrected chi connectivity index (χ0v) is 12.7. The molecule has 0 bridgehead atoms. The van der Waals surface area contributed by atoms with Crippen molar-refractivity contribution in [1.29, 1.82) is 0 Å². The molecular formula is C16H15F3N2O3. The topological polar surface area (TPSA) is 63.4 Å². The summed E-state index contributed by atoms with van der Waals surface area (Å²) < 4.78 is 40.1. The maximum absolute atomic E-state index is 12.1. The Bertz CT molecular complexity index is 690. The van der Waals surface area contributed by atoms with Gasteiger partial charge in [0.15, 0.2) is 0 Å². The fourth-order valence-corrected chi connectivity index (χ4v) is 1.97. The summed E-state index contributed by atoms with van der Waals surface area (Å²) >= 11 is 0. The second-order valence-corrected chi connectivity index (χ2v) is 4.96. The van der Waals surface area contributed by atoms with Crippen LogP contribution in [-0.2, 0) is 4.84 Å². The molecule has 128 valence electrons. The van der Waals surface area contributed by atoms with Crippen LogP contribution in [0.1, 0.15) is 25.3 Å². The summed E-state index contributed by atoms with van der Waals surface area (Å²) in [7, 11) is 0. The number of benzene rings is 1. The van der Waals surface area contributed by atoms with Crippen LogP contribution in [0.15, 0.2) is 58.1 Å². The van der Waals surface area contributed by atoms with Gasteiger partial charge >= 0.3 is 6.36 Å². The number of rotatable bonds is 5. The molecule has 1 aliphatic rings. The van der Waals surface area contributed by atoms with Crippen molar-refractivity contribution in [3.8, 4) is 5.75 Å². The average Bonchev–Trinajstić information content (AvgIpc) is 2.53. The number of halogens is 3. The smallest absolute Gasteiger partial charge is 0.411 e. The Hall–Kier alpha value is -2.77. The zero-order chi connectivity index (χ0) is 17.6. The molecule has 1 aliphatic carbocycles. The van der Waals surface area contributed by atoms with Crippen molar-refractivity contribution in [3.05, 3.63) is 53.3 Å². The number of hydrogen-bond donors (Lipinski definition) is 1. The normalized spacial score (nSPS) is 15.9. The summed E-state index contributed by atoms with van der Waals surface area (Å²) in [6.45, 7) is 1.68. The van der Waals surface area contributed by atoms with Gasteiger partial charge in [0.2, 0.25) is 0 Å². The standard InChI is InChI=1S/C16H15F3N2O3/c1-11(13-4-8-14(9-5-13)23-16(17,18)19)21-24-15-6-2-12(3-7-15)10-20-22/h2,4-6,8-10,22H,3,7H2,1H3/b20-10+,21-11+. The predicted octanol–water partition coefficient (Wildman–Crippen LogP) is 4.39. The minimum atomic E-state index is -4.71. The summed E-state index contributed by atoms with van der Waals surface area (Å²) in [5.41, 5.74) is 2.00. The van der Waals surface area contributed by atoms with Crippen molar-refractivity contribution >= 4 is 11.9 Å². The molecule has 0 saturated heterocycles. The molecule has 0 aliphatic heterocycles. The summed E-state index contributed by atoms with van der Waals surface area (Å²) in [4.78, 5) is 5.32. The highest BCUT2D eigenvalue weighted by molar-refractivity contribution is 5.98. The van der Waals surface area contributed by atoms with Gasteiger partial charge in [-0.3, -0.25) is 0 Å². The molecule has 0 saturated carbocycles. The lowest BCUT2D eigenvalue weighted by atomic mass is 10.1. The second-order valence-electron chi connectivity index (χ2n) is 4.96. The van der Waals surface area contributed by atoms with Gasteiger partial charge in [-0.05, 0) is 54.8 Å². The molecule has 1 N–H and O–H groups in total. The van der Waals surface area contributed by atoms with Crippen LogP contribution in [0.2, 0.25) is 0 Å². The monoisotopic (exact) mass is 340 g/mol. The number of nitrogens with zero attached hydrogens (tertiary/aromatic N) is 2. The van der Waals surface area contributed by atoms with Gasteiger partial charge in [-0.2, -0.15) is 0 Å². The second kappa shape index (κ2) is 7.67. The van der Waals surface area contributed by atoms with Gasteiger partial charge < -0.3 is 14.8 Å². The number of oxime groups is 2. The van der Waals surface area contributed by atoms with Crippen LogP contribution < -0.4 is 4.74 Å². The number of allylic oxidation sites excluding steroid dienone is 4. The highest BCUT2D eigenvalue weighted by Gasteiger charge is 2.30. The van der Waals surface area contributed by atoms with Gasteiger partial charge in [0, 0.05) is 6.42 Å². The molecule has 1 aromatic carbocycles. The van der Waals surface area contributed by atoms with Gasteiger partial charge in [-0.1, -0.05) is 16.4 Å². The average molecular weight is 340 g/mol. The summed E-state index contributed by atoms with van der Waals surface area (Å²) in [6.07, 6.45) is 1.38. The molecule has 5 nitrogen and oxygen atoms in total. The van der Waals surface area contributed by atoms with Crippen LogP contribution in [0.5, 0.6) is 5.75 Å². The van der Waals surface area contributed by atoms with Crippen molar-refractivity contribution in [3.63, 3.8) is 0 Å². The van der Waals surface area contributed by atoms with Gasteiger partial charge in [-0.25, -0.2) is 0 Å². The quantitative estimate of drug-likeness (QED) is 0.491. The van der Waals surface area contributed by atoms with E-state index in [-0.39, 0.29) is 5.75 Å². The van der Waals surface area contributed by atoms with Crippen LogP contribution in [0, 0.1) is 0 Å². The first-order valence-corrected chi connectivity index (χ1v) is 7.02. The Morgan fingerprint density at radius 3 is 2.42 bits per heavy atom.